The molecular weight excluding hydrogens is 410 g/mol. The summed E-state index contributed by atoms with van der Waals surface area (Å²) in [6.45, 7) is 5.74. The number of benzene rings is 2. The minimum absolute atomic E-state index is 0.296. The van der Waals surface area contributed by atoms with E-state index >= 15 is 0 Å². The van der Waals surface area contributed by atoms with Gasteiger partial charge in [0.05, 0.1) is 11.4 Å². The second-order valence-corrected chi connectivity index (χ2v) is 10.2. The van der Waals surface area contributed by atoms with Crippen molar-refractivity contribution in [1.82, 2.24) is 4.31 Å². The van der Waals surface area contributed by atoms with Gasteiger partial charge >= 0.3 is 0 Å². The summed E-state index contributed by atoms with van der Waals surface area (Å²) < 4.78 is 29.8. The number of hydrogen-bond donors (Lipinski definition) is 1. The van der Waals surface area contributed by atoms with Crippen LogP contribution in [0.4, 0.5) is 5.69 Å². The van der Waals surface area contributed by atoms with Crippen LogP contribution in [0.15, 0.2) is 59.5 Å². The van der Waals surface area contributed by atoms with Crippen molar-refractivity contribution in [3.63, 3.8) is 0 Å². The van der Waals surface area contributed by atoms with Crippen LogP contribution in [-0.4, -0.2) is 54.4 Å². The summed E-state index contributed by atoms with van der Waals surface area (Å²) >= 11 is 0. The summed E-state index contributed by atoms with van der Waals surface area (Å²) in [6.07, 6.45) is 4.07. The Morgan fingerprint density at radius 1 is 1.03 bits per heavy atom. The van der Waals surface area contributed by atoms with Gasteiger partial charge in [0.25, 0.3) is 11.6 Å². The van der Waals surface area contributed by atoms with Crippen LogP contribution in [0.3, 0.4) is 0 Å². The van der Waals surface area contributed by atoms with E-state index in [1.807, 2.05) is 50.2 Å². The van der Waals surface area contributed by atoms with Crippen LogP contribution in [0.2, 0.25) is 0 Å². The molecule has 0 aliphatic carbocycles. The molecule has 2 aromatic carbocycles. The highest BCUT2D eigenvalue weighted by Gasteiger charge is 2.52. The zero-order valence-corrected chi connectivity index (χ0v) is 19.2. The largest absolute Gasteiger partial charge is 0.346 e. The molecule has 0 bridgehead atoms. The molecule has 0 amide bonds. The highest BCUT2D eigenvalue weighted by Crippen LogP contribution is 2.36. The van der Waals surface area contributed by atoms with Crippen molar-refractivity contribution in [2.45, 2.75) is 50.2 Å². The van der Waals surface area contributed by atoms with Gasteiger partial charge in [-0.3, -0.25) is 0 Å². The van der Waals surface area contributed by atoms with Crippen LogP contribution in [0, 0.1) is 0 Å². The van der Waals surface area contributed by atoms with Gasteiger partial charge in [0, 0.05) is 31.1 Å². The molecule has 1 atom stereocenters. The Kier molecular flexibility index (Phi) is 6.19. The van der Waals surface area contributed by atoms with Gasteiger partial charge in [0.15, 0.2) is 6.54 Å². The number of nitrogens with zero attached hydrogens (tertiary/aromatic N) is 3. The first kappa shape index (κ1) is 22.0. The highest BCUT2D eigenvalue weighted by atomic mass is 32.2. The highest BCUT2D eigenvalue weighted by molar-refractivity contribution is 7.89. The van der Waals surface area contributed by atoms with Crippen LogP contribution < -0.4 is 4.90 Å². The van der Waals surface area contributed by atoms with Crippen LogP contribution in [0.25, 0.3) is 0 Å². The summed E-state index contributed by atoms with van der Waals surface area (Å²) in [4.78, 5) is 2.41. The fourth-order valence-corrected chi connectivity index (χ4v) is 6.29. The quantitative estimate of drug-likeness (QED) is 0.697. The van der Waals surface area contributed by atoms with Crippen LogP contribution in [-0.2, 0) is 15.7 Å². The summed E-state index contributed by atoms with van der Waals surface area (Å²) in [5.74, 6) is 1.07. The SMILES string of the molecule is CCN(CC)S(=O)(=O)c1cccc(N2C[C@](O)(c3ccccc3)[N+]3=C2CCCCC3)c1. The molecule has 7 heteroatoms. The molecule has 31 heavy (non-hydrogen) atoms. The van der Waals surface area contributed by atoms with E-state index in [1.165, 1.54) is 4.31 Å². The molecule has 0 saturated heterocycles. The first-order valence-corrected chi connectivity index (χ1v) is 12.6. The van der Waals surface area contributed by atoms with Crippen molar-refractivity contribution in [3.05, 3.63) is 60.2 Å². The molecule has 1 N–H and O–H groups in total. The van der Waals surface area contributed by atoms with Crippen molar-refractivity contribution < 1.29 is 18.1 Å². The minimum atomic E-state index is -3.55. The van der Waals surface area contributed by atoms with Crippen molar-refractivity contribution in [3.8, 4) is 0 Å². The standard InChI is InChI=1S/C24H32N3O3S/c1-3-25(4-2)31(29,30)22-15-11-14-21(18-22)26-19-24(28,20-12-7-5-8-13-20)27-17-10-6-9-16-23(26)27/h5,7-8,11-15,18,28H,3-4,6,9-10,16-17,19H2,1-2H3/q+1/t24-/m0/s1. The number of aliphatic hydroxyl groups is 1. The van der Waals surface area contributed by atoms with E-state index in [1.54, 1.807) is 18.2 Å². The van der Waals surface area contributed by atoms with Crippen LogP contribution >= 0.6 is 0 Å². The van der Waals surface area contributed by atoms with Crippen molar-refractivity contribution in [2.75, 3.05) is 31.1 Å². The zero-order chi connectivity index (χ0) is 22.1. The molecule has 0 aromatic heterocycles. The second kappa shape index (κ2) is 8.73. The Morgan fingerprint density at radius 2 is 1.77 bits per heavy atom. The maximum absolute atomic E-state index is 13.1. The van der Waals surface area contributed by atoms with Gasteiger partial charge in [-0.25, -0.2) is 17.9 Å². The van der Waals surface area contributed by atoms with Gasteiger partial charge in [-0.15, -0.1) is 0 Å². The molecule has 166 valence electrons. The predicted molar refractivity (Wildman–Crippen MR) is 123 cm³/mol. The Morgan fingerprint density at radius 3 is 2.48 bits per heavy atom. The molecule has 0 saturated carbocycles. The third-order valence-corrected chi connectivity index (χ3v) is 8.48. The van der Waals surface area contributed by atoms with Gasteiger partial charge in [-0.2, -0.15) is 4.31 Å². The van der Waals surface area contributed by atoms with Gasteiger partial charge in [0.2, 0.25) is 10.0 Å². The van der Waals surface area contributed by atoms with Crippen molar-refractivity contribution in [2.24, 2.45) is 0 Å². The summed E-state index contributed by atoms with van der Waals surface area (Å²) in [7, 11) is -3.55. The fraction of sp³-hybridized carbons (Fsp3) is 0.458. The van der Waals surface area contributed by atoms with Gasteiger partial charge in [-0.1, -0.05) is 50.2 Å². The van der Waals surface area contributed by atoms with E-state index in [9.17, 15) is 13.5 Å². The maximum atomic E-state index is 13.1. The predicted octanol–water partition coefficient (Wildman–Crippen LogP) is 3.37. The number of anilines is 1. The molecule has 2 aromatic rings. The van der Waals surface area contributed by atoms with Gasteiger partial charge in [0.1, 0.15) is 5.69 Å². The number of rotatable bonds is 6. The number of hydrogen-bond acceptors (Lipinski definition) is 4. The minimum Gasteiger partial charge on any atom is -0.346 e. The molecule has 0 spiro atoms. The average molecular weight is 443 g/mol. The lowest BCUT2D eigenvalue weighted by molar-refractivity contribution is -0.658. The van der Waals surface area contributed by atoms with E-state index in [4.69, 9.17) is 0 Å². The summed E-state index contributed by atoms with van der Waals surface area (Å²) in [5.41, 5.74) is 0.542. The van der Waals surface area contributed by atoms with E-state index in [0.717, 1.165) is 49.3 Å². The maximum Gasteiger partial charge on any atom is 0.271 e. The van der Waals surface area contributed by atoms with E-state index in [2.05, 4.69) is 9.48 Å². The number of sulfonamides is 1. The first-order valence-electron chi connectivity index (χ1n) is 11.2. The van der Waals surface area contributed by atoms with Crippen LogP contribution in [0.5, 0.6) is 0 Å². The second-order valence-electron chi connectivity index (χ2n) is 8.23. The normalized spacial score (nSPS) is 22.0. The molecule has 2 aliphatic rings. The topological polar surface area (TPSA) is 63.9 Å². The molecule has 0 fully saturated rings. The van der Waals surface area contributed by atoms with Gasteiger partial charge < -0.3 is 5.11 Å². The first-order chi connectivity index (χ1) is 14.9. The smallest absolute Gasteiger partial charge is 0.271 e. The van der Waals surface area contributed by atoms with Crippen molar-refractivity contribution >= 4 is 21.5 Å². The monoisotopic (exact) mass is 442 g/mol. The average Bonchev–Trinajstić information content (AvgIpc) is 2.93. The molecule has 2 aliphatic heterocycles. The van der Waals surface area contributed by atoms with E-state index in [0.29, 0.717) is 24.5 Å². The number of amidine groups is 1. The van der Waals surface area contributed by atoms with Gasteiger partial charge in [-0.05, 0) is 31.4 Å². The Balaban J connectivity index is 1.78. The molecule has 0 unspecified atom stereocenters. The van der Waals surface area contributed by atoms with E-state index in [-0.39, 0.29) is 0 Å². The Bertz CT molecular complexity index is 1060. The Labute approximate surface area is 185 Å². The molecule has 2 heterocycles. The summed E-state index contributed by atoms with van der Waals surface area (Å²) in [6, 6.07) is 16.9. The lowest BCUT2D eigenvalue weighted by Crippen LogP contribution is -2.41. The summed E-state index contributed by atoms with van der Waals surface area (Å²) in [5, 5.41) is 11.8. The van der Waals surface area contributed by atoms with Crippen molar-refractivity contribution in [1.29, 1.82) is 0 Å². The lowest BCUT2D eigenvalue weighted by atomic mass is 10.0. The fourth-order valence-electron chi connectivity index (χ4n) is 4.79. The number of β-amino-alcohol motifs (C(OH)–C–C–N with tert-alkyl or cyclic N) is 1. The van der Waals surface area contributed by atoms with Crippen LogP contribution in [0.1, 0.15) is 45.1 Å². The van der Waals surface area contributed by atoms with E-state index < -0.39 is 15.7 Å². The molecular formula is C24H32N3O3S+. The molecule has 4 rings (SSSR count). The Hall–Kier alpha value is -2.22. The zero-order valence-electron chi connectivity index (χ0n) is 18.4. The molecule has 0 radical (unpaired) electrons. The third kappa shape index (κ3) is 3.90. The molecule has 6 nitrogen and oxygen atoms in total. The third-order valence-electron chi connectivity index (χ3n) is 6.44. The lowest BCUT2D eigenvalue weighted by Gasteiger charge is -2.23.